The molecule has 2 amide bonds. The molecule has 1 spiro atoms. The first-order chi connectivity index (χ1) is 12.0. The van der Waals surface area contributed by atoms with Crippen molar-refractivity contribution >= 4 is 23.9 Å². The van der Waals surface area contributed by atoms with E-state index in [1.807, 2.05) is 0 Å². The summed E-state index contributed by atoms with van der Waals surface area (Å²) in [6.45, 7) is 2.67. The van der Waals surface area contributed by atoms with E-state index in [0.29, 0.717) is 36.6 Å². The molecule has 0 bridgehead atoms. The van der Waals surface area contributed by atoms with Gasteiger partial charge in [-0.25, -0.2) is 10.3 Å². The average Bonchev–Trinajstić information content (AvgIpc) is 2.57. The van der Waals surface area contributed by atoms with Crippen molar-refractivity contribution < 1.29 is 29.1 Å². The van der Waals surface area contributed by atoms with E-state index in [4.69, 9.17) is 14.7 Å². The van der Waals surface area contributed by atoms with Crippen molar-refractivity contribution in [2.45, 2.75) is 18.9 Å². The molecular formula is C17H18N2O6. The Balaban J connectivity index is 1.73. The second-order valence-electron chi connectivity index (χ2n) is 6.00. The molecular weight excluding hydrogens is 328 g/mol. The van der Waals surface area contributed by atoms with Crippen molar-refractivity contribution in [3.05, 3.63) is 35.4 Å². The Morgan fingerprint density at radius 2 is 2.20 bits per heavy atom. The molecule has 0 radical (unpaired) electrons. The Morgan fingerprint density at radius 1 is 1.44 bits per heavy atom. The third-order valence-corrected chi connectivity index (χ3v) is 4.13. The molecule has 8 nitrogen and oxygen atoms in total. The third kappa shape index (κ3) is 3.34. The fourth-order valence-corrected chi connectivity index (χ4v) is 2.99. The van der Waals surface area contributed by atoms with Gasteiger partial charge in [0.05, 0.1) is 31.7 Å². The van der Waals surface area contributed by atoms with Gasteiger partial charge >= 0.3 is 6.09 Å². The lowest BCUT2D eigenvalue weighted by Gasteiger charge is -2.50. The molecule has 1 aromatic carbocycles. The molecule has 1 fully saturated rings. The second kappa shape index (κ2) is 6.56. The number of carbonyl (C=O) groups is 3. The molecule has 0 atom stereocenters. The maximum absolute atomic E-state index is 12.5. The first kappa shape index (κ1) is 17.0. The number of amides is 2. The van der Waals surface area contributed by atoms with Crippen LogP contribution in [-0.2, 0) is 9.53 Å². The molecule has 0 saturated carbocycles. The number of fused-ring (bicyclic) bond motifs is 1. The highest BCUT2D eigenvalue weighted by Crippen LogP contribution is 2.39. The van der Waals surface area contributed by atoms with Crippen LogP contribution >= 0.6 is 0 Å². The molecule has 1 saturated heterocycles. The van der Waals surface area contributed by atoms with Crippen LogP contribution < -0.4 is 10.2 Å². The third-order valence-electron chi connectivity index (χ3n) is 4.13. The van der Waals surface area contributed by atoms with Crippen molar-refractivity contribution in [1.82, 2.24) is 10.4 Å². The van der Waals surface area contributed by atoms with Gasteiger partial charge in [-0.3, -0.25) is 14.8 Å². The summed E-state index contributed by atoms with van der Waals surface area (Å²) < 4.78 is 10.9. The zero-order valence-corrected chi connectivity index (χ0v) is 13.7. The molecule has 0 aliphatic carbocycles. The normalized spacial score (nSPS) is 17.7. The highest BCUT2D eigenvalue weighted by atomic mass is 16.6. The molecule has 2 aliphatic rings. The van der Waals surface area contributed by atoms with Crippen LogP contribution in [0.2, 0.25) is 0 Å². The number of ketones is 1. The Bertz CT molecular complexity index is 752. The number of carbonyl (C=O) groups excluding carboxylic acids is 3. The zero-order valence-electron chi connectivity index (χ0n) is 13.7. The van der Waals surface area contributed by atoms with Crippen LogP contribution in [0.1, 0.15) is 29.3 Å². The highest BCUT2D eigenvalue weighted by Gasteiger charge is 2.52. The summed E-state index contributed by atoms with van der Waals surface area (Å²) in [5.41, 5.74) is 1.88. The maximum atomic E-state index is 12.5. The van der Waals surface area contributed by atoms with Crippen LogP contribution in [0.25, 0.3) is 6.08 Å². The molecule has 8 heteroatoms. The molecule has 2 N–H and O–H groups in total. The Kier molecular flexibility index (Phi) is 4.45. The number of benzene rings is 1. The number of ether oxygens (including phenoxy) is 2. The van der Waals surface area contributed by atoms with E-state index in [-0.39, 0.29) is 12.2 Å². The van der Waals surface area contributed by atoms with E-state index in [1.165, 1.54) is 16.5 Å². The Hall–Kier alpha value is -2.87. The molecule has 0 aromatic heterocycles. The lowest BCUT2D eigenvalue weighted by Crippen LogP contribution is -2.68. The number of nitrogens with zero attached hydrogens (tertiary/aromatic N) is 1. The van der Waals surface area contributed by atoms with Crippen molar-refractivity contribution in [3.63, 3.8) is 0 Å². The minimum atomic E-state index is -0.690. The summed E-state index contributed by atoms with van der Waals surface area (Å²) in [6.07, 6.45) is 2.41. The minimum absolute atomic E-state index is 0.0772. The van der Waals surface area contributed by atoms with Gasteiger partial charge < -0.3 is 14.4 Å². The maximum Gasteiger partial charge on any atom is 0.410 e. The lowest BCUT2D eigenvalue weighted by molar-refractivity contribution is -0.124. The summed E-state index contributed by atoms with van der Waals surface area (Å²) in [5, 5.41) is 8.47. The number of nitrogens with one attached hydrogen (secondary N) is 1. The molecule has 25 heavy (non-hydrogen) atoms. The predicted molar refractivity (Wildman–Crippen MR) is 86.3 cm³/mol. The smallest absolute Gasteiger partial charge is 0.410 e. The molecule has 132 valence electrons. The van der Waals surface area contributed by atoms with Crippen LogP contribution in [0.15, 0.2) is 24.3 Å². The quantitative estimate of drug-likeness (QED) is 0.487. The molecule has 2 heterocycles. The van der Waals surface area contributed by atoms with Crippen molar-refractivity contribution in [2.24, 2.45) is 0 Å². The van der Waals surface area contributed by atoms with Crippen molar-refractivity contribution in [3.8, 4) is 5.75 Å². The molecule has 2 aliphatic heterocycles. The van der Waals surface area contributed by atoms with Gasteiger partial charge in [0.2, 0.25) is 0 Å². The molecule has 3 rings (SSSR count). The number of hydrogen-bond acceptors (Lipinski definition) is 6. The lowest BCUT2D eigenvalue weighted by atomic mass is 9.83. The first-order valence-electron chi connectivity index (χ1n) is 7.86. The summed E-state index contributed by atoms with van der Waals surface area (Å²) in [4.78, 5) is 36.7. The summed E-state index contributed by atoms with van der Waals surface area (Å²) in [7, 11) is 0. The summed E-state index contributed by atoms with van der Waals surface area (Å²) in [5.74, 6) is -0.275. The predicted octanol–water partition coefficient (Wildman–Crippen LogP) is 1.38. The van der Waals surface area contributed by atoms with Gasteiger partial charge in [-0.05, 0) is 30.7 Å². The summed E-state index contributed by atoms with van der Waals surface area (Å²) in [6, 6.07) is 5.00. The SMILES string of the molecule is CCOC(=O)N1CC2(CC(=O)c3cc(C=CC(=O)NO)ccc3O2)C1. The zero-order chi connectivity index (χ0) is 18.0. The molecule has 0 unspecified atom stereocenters. The van der Waals surface area contributed by atoms with Gasteiger partial charge in [0, 0.05) is 6.08 Å². The number of hydrogen-bond donors (Lipinski definition) is 2. The minimum Gasteiger partial charge on any atom is -0.482 e. The fourth-order valence-electron chi connectivity index (χ4n) is 2.99. The van der Waals surface area contributed by atoms with Crippen molar-refractivity contribution in [2.75, 3.05) is 19.7 Å². The Morgan fingerprint density at radius 3 is 2.88 bits per heavy atom. The largest absolute Gasteiger partial charge is 0.482 e. The van der Waals surface area contributed by atoms with E-state index in [9.17, 15) is 14.4 Å². The van der Waals surface area contributed by atoms with E-state index < -0.39 is 17.6 Å². The van der Waals surface area contributed by atoms with Crippen LogP contribution in [-0.4, -0.2) is 53.2 Å². The summed E-state index contributed by atoms with van der Waals surface area (Å²) >= 11 is 0. The van der Waals surface area contributed by atoms with Gasteiger partial charge in [-0.1, -0.05) is 6.07 Å². The monoisotopic (exact) mass is 346 g/mol. The highest BCUT2D eigenvalue weighted by molar-refractivity contribution is 6.01. The van der Waals surface area contributed by atoms with Crippen LogP contribution in [0.4, 0.5) is 4.79 Å². The van der Waals surface area contributed by atoms with Crippen LogP contribution in [0.5, 0.6) is 5.75 Å². The standard InChI is InChI=1S/C17H18N2O6/c1-2-24-16(22)19-9-17(10-19)8-13(20)12-7-11(3-5-14(12)25-17)4-6-15(21)18-23/h3-7,23H,2,8-10H2,1H3,(H,18,21). The van der Waals surface area contributed by atoms with E-state index in [0.717, 1.165) is 6.08 Å². The topological polar surface area (TPSA) is 105 Å². The number of Topliss-reactive ketones (excluding diaryl/α,β-unsaturated/α-hetero) is 1. The van der Waals surface area contributed by atoms with Gasteiger partial charge in [0.15, 0.2) is 11.4 Å². The van der Waals surface area contributed by atoms with Crippen LogP contribution in [0, 0.1) is 0 Å². The van der Waals surface area contributed by atoms with E-state index in [2.05, 4.69) is 0 Å². The van der Waals surface area contributed by atoms with E-state index >= 15 is 0 Å². The second-order valence-corrected chi connectivity index (χ2v) is 6.00. The average molecular weight is 346 g/mol. The van der Waals surface area contributed by atoms with Gasteiger partial charge in [-0.15, -0.1) is 0 Å². The Labute approximate surface area is 144 Å². The van der Waals surface area contributed by atoms with Crippen molar-refractivity contribution in [1.29, 1.82) is 0 Å². The van der Waals surface area contributed by atoms with E-state index in [1.54, 1.807) is 25.1 Å². The van der Waals surface area contributed by atoms with Gasteiger partial charge in [-0.2, -0.15) is 0 Å². The first-order valence-corrected chi connectivity index (χ1v) is 7.86. The molecule has 1 aromatic rings. The fraction of sp³-hybridized carbons (Fsp3) is 0.353. The number of hydroxylamine groups is 1. The number of rotatable bonds is 3. The van der Waals surface area contributed by atoms with Gasteiger partial charge in [0.1, 0.15) is 5.75 Å². The van der Waals surface area contributed by atoms with Crippen LogP contribution in [0.3, 0.4) is 0 Å². The van der Waals surface area contributed by atoms with Gasteiger partial charge in [0.25, 0.3) is 5.91 Å². The number of likely N-dealkylation sites (tertiary alicyclic amines) is 1.